The maximum Gasteiger partial charge on any atom is 0.275 e. The van der Waals surface area contributed by atoms with E-state index in [0.29, 0.717) is 63.6 Å². The van der Waals surface area contributed by atoms with E-state index in [9.17, 15) is 10.1 Å². The lowest BCUT2D eigenvalue weighted by atomic mass is 10.1. The first-order valence-corrected chi connectivity index (χ1v) is 11.1. The first-order valence-electron chi connectivity index (χ1n) is 10.7. The SMILES string of the molecule is COc1c(Cl)cccc1Nc1cc(Nc2ccc(N3CC(OC)C3)c(C#N)n2)nc2[nH][nH]c(=O)c12. The number of hydrogen-bond donors (Lipinski definition) is 4. The maximum absolute atomic E-state index is 12.4. The van der Waals surface area contributed by atoms with Crippen molar-refractivity contribution in [3.8, 4) is 11.8 Å². The Morgan fingerprint density at radius 2 is 1.94 bits per heavy atom. The predicted octanol–water partition coefficient (Wildman–Crippen LogP) is 3.50. The second-order valence-electron chi connectivity index (χ2n) is 7.87. The maximum atomic E-state index is 12.4. The van der Waals surface area contributed by atoms with Crippen molar-refractivity contribution in [2.75, 3.05) is 42.8 Å². The van der Waals surface area contributed by atoms with E-state index in [1.807, 2.05) is 11.0 Å². The van der Waals surface area contributed by atoms with Crippen LogP contribution in [0, 0.1) is 11.3 Å². The highest BCUT2D eigenvalue weighted by Crippen LogP contribution is 2.36. The Bertz CT molecular complexity index is 1500. The van der Waals surface area contributed by atoms with Crippen molar-refractivity contribution in [1.29, 1.82) is 5.26 Å². The third-order valence-electron chi connectivity index (χ3n) is 5.74. The van der Waals surface area contributed by atoms with Gasteiger partial charge in [0.05, 0.1) is 35.3 Å². The molecule has 0 radical (unpaired) electrons. The van der Waals surface area contributed by atoms with Gasteiger partial charge in [0.25, 0.3) is 5.56 Å². The van der Waals surface area contributed by atoms with Gasteiger partial charge in [0.1, 0.15) is 23.1 Å². The van der Waals surface area contributed by atoms with Crippen LogP contribution in [0.3, 0.4) is 0 Å². The predicted molar refractivity (Wildman–Crippen MR) is 133 cm³/mol. The molecule has 0 atom stereocenters. The number of pyridine rings is 2. The first kappa shape index (κ1) is 22.5. The second kappa shape index (κ2) is 9.17. The number of nitrogens with one attached hydrogen (secondary N) is 4. The number of nitrogens with zero attached hydrogens (tertiary/aromatic N) is 4. The minimum atomic E-state index is -0.333. The Kier molecular flexibility index (Phi) is 5.90. The van der Waals surface area contributed by atoms with E-state index in [1.165, 1.54) is 7.11 Å². The molecule has 1 aliphatic rings. The molecule has 0 bridgehead atoms. The van der Waals surface area contributed by atoms with Gasteiger partial charge in [0.15, 0.2) is 17.1 Å². The first-order chi connectivity index (χ1) is 17.0. The molecule has 178 valence electrons. The summed E-state index contributed by atoms with van der Waals surface area (Å²) in [5, 5.41) is 22.1. The van der Waals surface area contributed by atoms with Crippen LogP contribution in [0.25, 0.3) is 11.0 Å². The second-order valence-corrected chi connectivity index (χ2v) is 8.27. The summed E-state index contributed by atoms with van der Waals surface area (Å²) >= 11 is 6.25. The number of aromatic nitrogens is 4. The van der Waals surface area contributed by atoms with Crippen LogP contribution in [0.5, 0.6) is 5.75 Å². The number of H-pyrrole nitrogens is 2. The molecule has 5 rings (SSSR count). The number of fused-ring (bicyclic) bond motifs is 1. The fourth-order valence-electron chi connectivity index (χ4n) is 3.94. The lowest BCUT2D eigenvalue weighted by Crippen LogP contribution is -2.52. The number of anilines is 5. The molecule has 0 amide bonds. The summed E-state index contributed by atoms with van der Waals surface area (Å²) in [6.45, 7) is 1.42. The van der Waals surface area contributed by atoms with Gasteiger partial charge in [-0.05, 0) is 24.3 Å². The molecule has 1 aromatic carbocycles. The zero-order valence-corrected chi connectivity index (χ0v) is 19.6. The van der Waals surface area contributed by atoms with Gasteiger partial charge in [-0.3, -0.25) is 15.0 Å². The number of hydrogen-bond acceptors (Lipinski definition) is 9. The molecule has 0 unspecified atom stereocenters. The summed E-state index contributed by atoms with van der Waals surface area (Å²) in [7, 11) is 3.19. The number of nitriles is 1. The molecular formula is C23H21ClN8O3. The molecular weight excluding hydrogens is 472 g/mol. The van der Waals surface area contributed by atoms with Crippen LogP contribution in [0.2, 0.25) is 5.02 Å². The van der Waals surface area contributed by atoms with Gasteiger partial charge in [0.2, 0.25) is 0 Å². The summed E-state index contributed by atoms with van der Waals surface area (Å²) in [5.41, 5.74) is 2.11. The average molecular weight is 493 g/mol. The number of aromatic amines is 2. The fourth-order valence-corrected chi connectivity index (χ4v) is 4.19. The molecule has 0 aliphatic carbocycles. The van der Waals surface area contributed by atoms with E-state index in [2.05, 4.69) is 36.9 Å². The van der Waals surface area contributed by atoms with Gasteiger partial charge in [-0.2, -0.15) is 5.26 Å². The highest BCUT2D eigenvalue weighted by molar-refractivity contribution is 6.32. The normalized spacial score (nSPS) is 13.4. The number of methoxy groups -OCH3 is 2. The van der Waals surface area contributed by atoms with Gasteiger partial charge in [-0.1, -0.05) is 17.7 Å². The van der Waals surface area contributed by atoms with Gasteiger partial charge >= 0.3 is 0 Å². The van der Waals surface area contributed by atoms with Gasteiger partial charge < -0.3 is 25.0 Å². The van der Waals surface area contributed by atoms with Crippen LogP contribution < -0.4 is 25.8 Å². The van der Waals surface area contributed by atoms with Crippen molar-refractivity contribution in [1.82, 2.24) is 20.2 Å². The fraction of sp³-hybridized carbons (Fsp3) is 0.217. The van der Waals surface area contributed by atoms with E-state index in [4.69, 9.17) is 21.1 Å². The lowest BCUT2D eigenvalue weighted by Gasteiger charge is -2.40. The van der Waals surface area contributed by atoms with Crippen molar-refractivity contribution in [2.24, 2.45) is 0 Å². The van der Waals surface area contributed by atoms with Crippen molar-refractivity contribution in [2.45, 2.75) is 6.10 Å². The van der Waals surface area contributed by atoms with Crippen LogP contribution in [0.1, 0.15) is 5.69 Å². The van der Waals surface area contributed by atoms with Crippen LogP contribution in [-0.4, -0.2) is 53.6 Å². The van der Waals surface area contributed by atoms with Gasteiger partial charge in [-0.25, -0.2) is 9.97 Å². The largest absolute Gasteiger partial charge is 0.493 e. The van der Waals surface area contributed by atoms with Crippen molar-refractivity contribution >= 4 is 51.3 Å². The minimum Gasteiger partial charge on any atom is -0.493 e. The van der Waals surface area contributed by atoms with Crippen LogP contribution in [-0.2, 0) is 4.74 Å². The Morgan fingerprint density at radius 3 is 2.69 bits per heavy atom. The summed E-state index contributed by atoms with van der Waals surface area (Å²) in [5.74, 6) is 1.28. The minimum absolute atomic E-state index is 0.155. The summed E-state index contributed by atoms with van der Waals surface area (Å²) in [6, 6.07) is 12.7. The third-order valence-corrected chi connectivity index (χ3v) is 6.04. The molecule has 4 heterocycles. The van der Waals surface area contributed by atoms with Crippen molar-refractivity contribution in [3.05, 3.63) is 57.5 Å². The standard InChI is InChI=1S/C23H21ClN8O3/c1-34-12-10-32(11-12)17-6-7-18(27-16(17)9-25)28-19-8-15(20-22(29-19)30-31-23(20)33)26-14-5-3-4-13(24)21(14)35-2/h3-8,12H,10-11H2,1-2H3,(H4,26,27,28,29,30,31,33). The average Bonchev–Trinajstić information content (AvgIpc) is 3.20. The van der Waals surface area contributed by atoms with E-state index in [0.717, 1.165) is 5.69 Å². The highest BCUT2D eigenvalue weighted by atomic mass is 35.5. The number of halogens is 1. The number of para-hydroxylation sites is 1. The molecule has 4 aromatic rings. The molecule has 0 saturated carbocycles. The topological polar surface area (TPSA) is 144 Å². The van der Waals surface area contributed by atoms with Crippen LogP contribution in [0.15, 0.2) is 41.2 Å². The van der Waals surface area contributed by atoms with Crippen LogP contribution >= 0.6 is 11.6 Å². The molecule has 11 nitrogen and oxygen atoms in total. The van der Waals surface area contributed by atoms with E-state index < -0.39 is 0 Å². The lowest BCUT2D eigenvalue weighted by molar-refractivity contribution is 0.0787. The Hall–Kier alpha value is -4.27. The molecule has 3 aromatic heterocycles. The smallest absolute Gasteiger partial charge is 0.275 e. The Morgan fingerprint density at radius 1 is 1.11 bits per heavy atom. The number of benzene rings is 1. The summed E-state index contributed by atoms with van der Waals surface area (Å²) in [6.07, 6.45) is 0.155. The molecule has 1 aliphatic heterocycles. The van der Waals surface area contributed by atoms with E-state index in [1.54, 1.807) is 37.4 Å². The zero-order chi connectivity index (χ0) is 24.5. The zero-order valence-electron chi connectivity index (χ0n) is 18.8. The number of ether oxygens (including phenoxy) is 2. The Balaban J connectivity index is 1.48. The van der Waals surface area contributed by atoms with E-state index >= 15 is 0 Å². The van der Waals surface area contributed by atoms with Gasteiger partial charge in [0, 0.05) is 26.3 Å². The van der Waals surface area contributed by atoms with E-state index in [-0.39, 0.29) is 11.7 Å². The highest BCUT2D eigenvalue weighted by Gasteiger charge is 2.28. The number of rotatable bonds is 7. The monoisotopic (exact) mass is 492 g/mol. The third kappa shape index (κ3) is 4.21. The summed E-state index contributed by atoms with van der Waals surface area (Å²) in [4.78, 5) is 23.4. The van der Waals surface area contributed by atoms with Gasteiger partial charge in [-0.15, -0.1) is 0 Å². The quantitative estimate of drug-likeness (QED) is 0.304. The molecule has 12 heteroatoms. The molecule has 0 spiro atoms. The molecule has 35 heavy (non-hydrogen) atoms. The van der Waals surface area contributed by atoms with Crippen LogP contribution in [0.4, 0.5) is 28.7 Å². The summed E-state index contributed by atoms with van der Waals surface area (Å²) < 4.78 is 10.7. The molecule has 4 N–H and O–H groups in total. The Labute approximate surface area is 204 Å². The molecule has 1 saturated heterocycles. The molecule has 1 fully saturated rings. The van der Waals surface area contributed by atoms with Crippen molar-refractivity contribution < 1.29 is 9.47 Å². The van der Waals surface area contributed by atoms with Crippen molar-refractivity contribution in [3.63, 3.8) is 0 Å².